The van der Waals surface area contributed by atoms with Crippen LogP contribution in [0, 0.1) is 11.3 Å². The molecule has 0 aliphatic rings. The van der Waals surface area contributed by atoms with Gasteiger partial charge in [-0.2, -0.15) is 0 Å². The monoisotopic (exact) mass is 282 g/mol. The number of aliphatic hydroxyl groups is 1. The van der Waals surface area contributed by atoms with E-state index in [2.05, 4.69) is 52.0 Å². The predicted octanol–water partition coefficient (Wildman–Crippen LogP) is 5.46. The Labute approximate surface area is 128 Å². The van der Waals surface area contributed by atoms with Crippen LogP contribution in [0.1, 0.15) is 45.8 Å². The summed E-state index contributed by atoms with van der Waals surface area (Å²) in [7, 11) is 0. The normalized spacial score (nSPS) is 14.7. The summed E-state index contributed by atoms with van der Waals surface area (Å²) in [5.74, 6) is 0.473. The van der Waals surface area contributed by atoms with Crippen molar-refractivity contribution in [2.24, 2.45) is 11.3 Å². The molecule has 1 nitrogen and oxygen atoms in total. The van der Waals surface area contributed by atoms with E-state index in [1.165, 1.54) is 11.1 Å². The molecule has 112 valence electrons. The Morgan fingerprint density at radius 1 is 0.857 bits per heavy atom. The summed E-state index contributed by atoms with van der Waals surface area (Å²) in [4.78, 5) is 0. The average Bonchev–Trinajstić information content (AvgIpc) is 2.47. The van der Waals surface area contributed by atoms with Crippen molar-refractivity contribution < 1.29 is 5.11 Å². The first-order valence-corrected chi connectivity index (χ1v) is 7.71. The van der Waals surface area contributed by atoms with Gasteiger partial charge in [-0.15, -0.1) is 0 Å². The Kier molecular flexibility index (Phi) is 4.84. The molecule has 2 atom stereocenters. The summed E-state index contributed by atoms with van der Waals surface area (Å²) in [5.41, 5.74) is 3.63. The summed E-state index contributed by atoms with van der Waals surface area (Å²) in [6, 6.07) is 18.6. The molecule has 1 N–H and O–H groups in total. The lowest BCUT2D eigenvalue weighted by Gasteiger charge is -2.29. The fourth-order valence-electron chi connectivity index (χ4n) is 2.35. The Hall–Kier alpha value is -1.60. The van der Waals surface area contributed by atoms with Crippen molar-refractivity contribution in [1.82, 2.24) is 0 Å². The maximum atomic E-state index is 10.4. The fourth-order valence-corrected chi connectivity index (χ4v) is 2.35. The molecule has 0 saturated heterocycles. The Morgan fingerprint density at radius 2 is 1.38 bits per heavy atom. The molecule has 0 spiro atoms. The molecule has 0 heterocycles. The molecule has 0 saturated carbocycles. The van der Waals surface area contributed by atoms with Crippen molar-refractivity contribution in [3.8, 4) is 11.1 Å². The van der Waals surface area contributed by atoms with Crippen LogP contribution in [-0.4, -0.2) is 5.11 Å². The number of benzene rings is 2. The maximum Gasteiger partial charge on any atom is 0.0792 e. The second-order valence-electron chi connectivity index (χ2n) is 7.01. The minimum atomic E-state index is -0.385. The summed E-state index contributed by atoms with van der Waals surface area (Å²) in [6.45, 7) is 8.89. The van der Waals surface area contributed by atoms with Gasteiger partial charge in [-0.1, -0.05) is 82.3 Å². The first kappa shape index (κ1) is 15.8. The molecule has 2 rings (SSSR count). The molecule has 2 aromatic rings. The zero-order valence-corrected chi connectivity index (χ0v) is 13.5. The molecule has 0 fully saturated rings. The van der Waals surface area contributed by atoms with Gasteiger partial charge in [0, 0.05) is 0 Å². The van der Waals surface area contributed by atoms with Crippen LogP contribution in [0.15, 0.2) is 54.6 Å². The van der Waals surface area contributed by atoms with Crippen molar-refractivity contribution in [3.05, 3.63) is 60.2 Å². The minimum Gasteiger partial charge on any atom is -0.388 e. The standard InChI is InChI=1S/C20H26O/c1-15(20(2,3)4)14-19(21)18-12-10-17(11-13-18)16-8-6-5-7-9-16/h5-13,15,19,21H,14H2,1-4H3. The number of hydrogen-bond acceptors (Lipinski definition) is 1. The van der Waals surface area contributed by atoms with Gasteiger partial charge in [0.2, 0.25) is 0 Å². The Balaban J connectivity index is 2.09. The smallest absolute Gasteiger partial charge is 0.0792 e. The molecule has 0 aliphatic carbocycles. The molecule has 0 aliphatic heterocycles. The zero-order chi connectivity index (χ0) is 15.5. The van der Waals surface area contributed by atoms with E-state index >= 15 is 0 Å². The molecule has 0 aromatic heterocycles. The third kappa shape index (κ3) is 4.18. The van der Waals surface area contributed by atoms with Crippen LogP contribution in [0.5, 0.6) is 0 Å². The molecule has 2 aromatic carbocycles. The summed E-state index contributed by atoms with van der Waals surface area (Å²) >= 11 is 0. The highest BCUT2D eigenvalue weighted by molar-refractivity contribution is 5.63. The van der Waals surface area contributed by atoms with Gasteiger partial charge in [0.15, 0.2) is 0 Å². The Bertz CT molecular complexity index is 549. The van der Waals surface area contributed by atoms with E-state index in [0.717, 1.165) is 12.0 Å². The lowest BCUT2D eigenvalue weighted by atomic mass is 9.78. The Morgan fingerprint density at radius 3 is 1.90 bits per heavy atom. The average molecular weight is 282 g/mol. The van der Waals surface area contributed by atoms with E-state index in [-0.39, 0.29) is 11.5 Å². The van der Waals surface area contributed by atoms with Crippen LogP contribution in [0.2, 0.25) is 0 Å². The second kappa shape index (κ2) is 6.44. The van der Waals surface area contributed by atoms with Gasteiger partial charge in [-0.25, -0.2) is 0 Å². The van der Waals surface area contributed by atoms with Gasteiger partial charge in [-0.05, 0) is 34.4 Å². The summed E-state index contributed by atoms with van der Waals surface area (Å²) < 4.78 is 0. The van der Waals surface area contributed by atoms with Crippen LogP contribution in [0.3, 0.4) is 0 Å². The SMILES string of the molecule is CC(CC(O)c1ccc(-c2ccccc2)cc1)C(C)(C)C. The van der Waals surface area contributed by atoms with Crippen molar-refractivity contribution in [2.75, 3.05) is 0 Å². The van der Waals surface area contributed by atoms with Gasteiger partial charge in [-0.3, -0.25) is 0 Å². The third-order valence-corrected chi connectivity index (χ3v) is 4.46. The van der Waals surface area contributed by atoms with E-state index < -0.39 is 0 Å². The van der Waals surface area contributed by atoms with E-state index in [1.807, 2.05) is 30.3 Å². The quantitative estimate of drug-likeness (QED) is 0.789. The van der Waals surface area contributed by atoms with E-state index in [0.29, 0.717) is 5.92 Å². The van der Waals surface area contributed by atoms with Crippen LogP contribution in [0.4, 0.5) is 0 Å². The van der Waals surface area contributed by atoms with Gasteiger partial charge in [0.25, 0.3) is 0 Å². The molecular weight excluding hydrogens is 256 g/mol. The lowest BCUT2D eigenvalue weighted by molar-refractivity contribution is 0.111. The highest BCUT2D eigenvalue weighted by Crippen LogP contribution is 2.33. The number of rotatable bonds is 4. The van der Waals surface area contributed by atoms with E-state index in [1.54, 1.807) is 0 Å². The minimum absolute atomic E-state index is 0.227. The van der Waals surface area contributed by atoms with Crippen LogP contribution < -0.4 is 0 Å². The van der Waals surface area contributed by atoms with Gasteiger partial charge >= 0.3 is 0 Å². The van der Waals surface area contributed by atoms with Crippen LogP contribution in [0.25, 0.3) is 11.1 Å². The van der Waals surface area contributed by atoms with Crippen LogP contribution >= 0.6 is 0 Å². The molecule has 0 radical (unpaired) electrons. The number of aliphatic hydroxyl groups excluding tert-OH is 1. The first-order chi connectivity index (χ1) is 9.88. The summed E-state index contributed by atoms with van der Waals surface area (Å²) in [6.07, 6.45) is 0.415. The number of hydrogen-bond donors (Lipinski definition) is 1. The zero-order valence-electron chi connectivity index (χ0n) is 13.5. The lowest BCUT2D eigenvalue weighted by Crippen LogP contribution is -2.19. The molecule has 0 amide bonds. The van der Waals surface area contributed by atoms with E-state index in [9.17, 15) is 5.11 Å². The van der Waals surface area contributed by atoms with Crippen LogP contribution in [-0.2, 0) is 0 Å². The maximum absolute atomic E-state index is 10.4. The molecular formula is C20H26O. The van der Waals surface area contributed by atoms with Crippen molar-refractivity contribution in [1.29, 1.82) is 0 Å². The largest absolute Gasteiger partial charge is 0.388 e. The summed E-state index contributed by atoms with van der Waals surface area (Å²) in [5, 5.41) is 10.4. The topological polar surface area (TPSA) is 20.2 Å². The van der Waals surface area contributed by atoms with Crippen molar-refractivity contribution in [2.45, 2.75) is 40.2 Å². The second-order valence-corrected chi connectivity index (χ2v) is 7.01. The van der Waals surface area contributed by atoms with Gasteiger partial charge in [0.1, 0.15) is 0 Å². The van der Waals surface area contributed by atoms with Crippen molar-refractivity contribution in [3.63, 3.8) is 0 Å². The van der Waals surface area contributed by atoms with Gasteiger partial charge in [0.05, 0.1) is 6.10 Å². The predicted molar refractivity (Wildman–Crippen MR) is 90.1 cm³/mol. The molecule has 0 bridgehead atoms. The molecule has 21 heavy (non-hydrogen) atoms. The highest BCUT2D eigenvalue weighted by atomic mass is 16.3. The van der Waals surface area contributed by atoms with E-state index in [4.69, 9.17) is 0 Å². The van der Waals surface area contributed by atoms with Gasteiger partial charge < -0.3 is 5.11 Å². The molecule has 2 unspecified atom stereocenters. The fraction of sp³-hybridized carbons (Fsp3) is 0.400. The third-order valence-electron chi connectivity index (χ3n) is 4.46. The van der Waals surface area contributed by atoms with Crippen molar-refractivity contribution >= 4 is 0 Å². The highest BCUT2D eigenvalue weighted by Gasteiger charge is 2.23. The molecule has 1 heteroatoms. The first-order valence-electron chi connectivity index (χ1n) is 7.71.